The van der Waals surface area contributed by atoms with Gasteiger partial charge >= 0.3 is 0 Å². The maximum Gasteiger partial charge on any atom is 0.290 e. The molecule has 1 aliphatic rings. The second-order valence-electron chi connectivity index (χ2n) is 4.06. The highest BCUT2D eigenvalue weighted by molar-refractivity contribution is 5.37. The summed E-state index contributed by atoms with van der Waals surface area (Å²) in [5, 5.41) is 10.6. The third-order valence-corrected chi connectivity index (χ3v) is 2.53. The molecule has 0 radical (unpaired) electrons. The molecule has 1 saturated carbocycles. The summed E-state index contributed by atoms with van der Waals surface area (Å²) in [5.41, 5.74) is 0.320. The van der Waals surface area contributed by atoms with Crippen molar-refractivity contribution in [3.8, 4) is 5.88 Å². The van der Waals surface area contributed by atoms with Crippen LogP contribution in [0.1, 0.15) is 25.5 Å². The molecular formula is C10H12N2O3. The van der Waals surface area contributed by atoms with Crippen LogP contribution in [0.4, 0.5) is 5.69 Å². The van der Waals surface area contributed by atoms with Gasteiger partial charge in [0.2, 0.25) is 5.88 Å². The molecule has 1 fully saturated rings. The first-order valence-electron chi connectivity index (χ1n) is 4.81. The minimum atomic E-state index is -0.440. The van der Waals surface area contributed by atoms with E-state index in [1.165, 1.54) is 6.07 Å². The second kappa shape index (κ2) is 3.18. The van der Waals surface area contributed by atoms with Crippen molar-refractivity contribution < 1.29 is 9.66 Å². The Morgan fingerprint density at radius 2 is 2.20 bits per heavy atom. The van der Waals surface area contributed by atoms with Crippen LogP contribution in [0.5, 0.6) is 5.88 Å². The molecule has 1 aromatic heterocycles. The fourth-order valence-corrected chi connectivity index (χ4v) is 1.31. The SMILES string of the molecule is Cc1nc(OC2(C)CC2)ccc1[N+](=O)[O-]. The molecule has 1 heterocycles. The summed E-state index contributed by atoms with van der Waals surface area (Å²) in [7, 11) is 0. The van der Waals surface area contributed by atoms with E-state index in [0.717, 1.165) is 12.8 Å². The highest BCUT2D eigenvalue weighted by Gasteiger charge is 2.40. The molecule has 15 heavy (non-hydrogen) atoms. The van der Waals surface area contributed by atoms with Gasteiger partial charge in [0.1, 0.15) is 11.3 Å². The Kier molecular flexibility index (Phi) is 2.10. The smallest absolute Gasteiger partial charge is 0.290 e. The molecule has 0 spiro atoms. The number of pyridine rings is 1. The van der Waals surface area contributed by atoms with Gasteiger partial charge in [0, 0.05) is 12.1 Å². The van der Waals surface area contributed by atoms with Gasteiger partial charge in [-0.3, -0.25) is 10.1 Å². The fraction of sp³-hybridized carbons (Fsp3) is 0.500. The molecule has 0 unspecified atom stereocenters. The molecule has 0 N–H and O–H groups in total. The van der Waals surface area contributed by atoms with E-state index in [2.05, 4.69) is 4.98 Å². The molecular weight excluding hydrogens is 196 g/mol. The van der Waals surface area contributed by atoms with Gasteiger partial charge in [-0.1, -0.05) is 0 Å². The number of rotatable bonds is 3. The number of nitrogens with zero attached hydrogens (tertiary/aromatic N) is 2. The van der Waals surface area contributed by atoms with Crippen LogP contribution in [0.3, 0.4) is 0 Å². The fourth-order valence-electron chi connectivity index (χ4n) is 1.31. The molecule has 2 rings (SSSR count). The van der Waals surface area contributed by atoms with E-state index in [-0.39, 0.29) is 11.3 Å². The van der Waals surface area contributed by atoms with Crippen molar-refractivity contribution in [3.05, 3.63) is 27.9 Å². The summed E-state index contributed by atoms with van der Waals surface area (Å²) in [6.07, 6.45) is 2.04. The number of ether oxygens (including phenoxy) is 1. The number of aromatic nitrogens is 1. The first-order valence-corrected chi connectivity index (χ1v) is 4.81. The van der Waals surface area contributed by atoms with Crippen molar-refractivity contribution in [2.75, 3.05) is 0 Å². The van der Waals surface area contributed by atoms with Gasteiger partial charge in [-0.2, -0.15) is 0 Å². The zero-order valence-corrected chi connectivity index (χ0v) is 8.69. The van der Waals surface area contributed by atoms with Gasteiger partial charge in [-0.15, -0.1) is 0 Å². The summed E-state index contributed by atoms with van der Waals surface area (Å²) in [5.74, 6) is 0.470. The van der Waals surface area contributed by atoms with Crippen molar-refractivity contribution in [2.45, 2.75) is 32.3 Å². The molecule has 0 saturated heterocycles. The highest BCUT2D eigenvalue weighted by atomic mass is 16.6. The van der Waals surface area contributed by atoms with Gasteiger partial charge in [-0.25, -0.2) is 4.98 Å². The van der Waals surface area contributed by atoms with Gasteiger partial charge in [0.15, 0.2) is 0 Å². The van der Waals surface area contributed by atoms with E-state index in [4.69, 9.17) is 4.74 Å². The van der Waals surface area contributed by atoms with Gasteiger partial charge in [0.05, 0.1) is 4.92 Å². The van der Waals surface area contributed by atoms with Gasteiger partial charge in [0.25, 0.3) is 5.69 Å². The number of nitro groups is 1. The van der Waals surface area contributed by atoms with Crippen molar-refractivity contribution in [1.82, 2.24) is 4.98 Å². The second-order valence-corrected chi connectivity index (χ2v) is 4.06. The Hall–Kier alpha value is -1.65. The predicted octanol–water partition coefficient (Wildman–Crippen LogP) is 2.23. The van der Waals surface area contributed by atoms with Crippen LogP contribution < -0.4 is 4.74 Å². The van der Waals surface area contributed by atoms with Gasteiger partial charge < -0.3 is 4.74 Å². The van der Waals surface area contributed by atoms with E-state index in [1.54, 1.807) is 13.0 Å². The lowest BCUT2D eigenvalue weighted by molar-refractivity contribution is -0.385. The van der Waals surface area contributed by atoms with Crippen LogP contribution in [0.25, 0.3) is 0 Å². The van der Waals surface area contributed by atoms with Gasteiger partial charge in [-0.05, 0) is 26.7 Å². The lowest BCUT2D eigenvalue weighted by Gasteiger charge is -2.11. The summed E-state index contributed by atoms with van der Waals surface area (Å²) in [6, 6.07) is 2.98. The lowest BCUT2D eigenvalue weighted by Crippen LogP contribution is -2.13. The molecule has 0 bridgehead atoms. The minimum absolute atomic E-state index is 0.0308. The van der Waals surface area contributed by atoms with Crippen molar-refractivity contribution in [2.24, 2.45) is 0 Å². The zero-order chi connectivity index (χ0) is 11.1. The van der Waals surface area contributed by atoms with Crippen LogP contribution in [0.2, 0.25) is 0 Å². The quantitative estimate of drug-likeness (QED) is 0.564. The molecule has 1 aliphatic carbocycles. The molecule has 5 heteroatoms. The molecule has 1 aromatic rings. The van der Waals surface area contributed by atoms with E-state index in [0.29, 0.717) is 11.6 Å². The summed E-state index contributed by atoms with van der Waals surface area (Å²) in [6.45, 7) is 3.62. The van der Waals surface area contributed by atoms with Crippen molar-refractivity contribution >= 4 is 5.69 Å². The Bertz CT molecular complexity index is 413. The third-order valence-electron chi connectivity index (χ3n) is 2.53. The normalized spacial score (nSPS) is 17.2. The number of hydrogen-bond donors (Lipinski definition) is 0. The van der Waals surface area contributed by atoms with Crippen LogP contribution in [-0.2, 0) is 0 Å². The largest absolute Gasteiger partial charge is 0.471 e. The molecule has 0 atom stereocenters. The summed E-state index contributed by atoms with van der Waals surface area (Å²) < 4.78 is 5.59. The third kappa shape index (κ3) is 2.06. The van der Waals surface area contributed by atoms with E-state index in [9.17, 15) is 10.1 Å². The van der Waals surface area contributed by atoms with Crippen LogP contribution in [0.15, 0.2) is 12.1 Å². The molecule has 0 amide bonds. The predicted molar refractivity (Wildman–Crippen MR) is 53.9 cm³/mol. The Balaban J connectivity index is 2.21. The summed E-state index contributed by atoms with van der Waals surface area (Å²) >= 11 is 0. The van der Waals surface area contributed by atoms with E-state index >= 15 is 0 Å². The molecule has 5 nitrogen and oxygen atoms in total. The van der Waals surface area contributed by atoms with Crippen molar-refractivity contribution in [1.29, 1.82) is 0 Å². The average molecular weight is 208 g/mol. The number of aryl methyl sites for hydroxylation is 1. The van der Waals surface area contributed by atoms with Crippen LogP contribution in [0, 0.1) is 17.0 Å². The Labute approximate surface area is 87.2 Å². The molecule has 0 aliphatic heterocycles. The topological polar surface area (TPSA) is 65.3 Å². The monoisotopic (exact) mass is 208 g/mol. The minimum Gasteiger partial charge on any atom is -0.471 e. The number of hydrogen-bond acceptors (Lipinski definition) is 4. The Morgan fingerprint density at radius 1 is 1.53 bits per heavy atom. The maximum absolute atomic E-state index is 10.6. The molecule has 80 valence electrons. The zero-order valence-electron chi connectivity index (χ0n) is 8.69. The Morgan fingerprint density at radius 3 is 2.67 bits per heavy atom. The van der Waals surface area contributed by atoms with Crippen molar-refractivity contribution in [3.63, 3.8) is 0 Å². The highest BCUT2D eigenvalue weighted by Crippen LogP contribution is 2.39. The van der Waals surface area contributed by atoms with E-state index in [1.807, 2.05) is 6.92 Å². The summed E-state index contributed by atoms with van der Waals surface area (Å²) in [4.78, 5) is 14.2. The first kappa shape index (κ1) is 9.89. The lowest BCUT2D eigenvalue weighted by atomic mass is 10.3. The first-order chi connectivity index (χ1) is 7.00. The van der Waals surface area contributed by atoms with Crippen LogP contribution in [-0.4, -0.2) is 15.5 Å². The maximum atomic E-state index is 10.6. The van der Waals surface area contributed by atoms with Crippen LogP contribution >= 0.6 is 0 Å². The average Bonchev–Trinajstić information content (AvgIpc) is 2.82. The standard InChI is InChI=1S/C10H12N2O3/c1-7-8(12(13)14)3-4-9(11-7)15-10(2)5-6-10/h3-4H,5-6H2,1-2H3. The van der Waals surface area contributed by atoms with E-state index < -0.39 is 4.92 Å². The molecule has 0 aromatic carbocycles.